The van der Waals surface area contributed by atoms with Crippen molar-refractivity contribution in [3.05, 3.63) is 0 Å². The van der Waals surface area contributed by atoms with Crippen molar-refractivity contribution in [3.63, 3.8) is 0 Å². The lowest BCUT2D eigenvalue weighted by Gasteiger charge is -2.43. The van der Waals surface area contributed by atoms with E-state index in [9.17, 15) is 4.79 Å². The second-order valence-corrected chi connectivity index (χ2v) is 4.42. The Morgan fingerprint density at radius 2 is 1.93 bits per heavy atom. The normalized spacial score (nSPS) is 32.2. The standard InChI is InChI=1S/C11H19NO2/c1-14-11(13)12-8-4-6-9-5-2-3-7-10(9)12/h9-10H,2-8H2,1H3/t9-,10-/m1/s1. The Kier molecular flexibility index (Phi) is 2.94. The molecule has 80 valence electrons. The van der Waals surface area contributed by atoms with Gasteiger partial charge in [0, 0.05) is 12.6 Å². The van der Waals surface area contributed by atoms with Crippen molar-refractivity contribution in [1.29, 1.82) is 0 Å². The maximum absolute atomic E-state index is 11.5. The highest BCUT2D eigenvalue weighted by molar-refractivity contribution is 5.68. The van der Waals surface area contributed by atoms with Gasteiger partial charge in [-0.25, -0.2) is 4.79 Å². The Bertz CT molecular complexity index is 215. The third-order valence-corrected chi connectivity index (χ3v) is 3.65. The van der Waals surface area contributed by atoms with Gasteiger partial charge >= 0.3 is 6.09 Å². The van der Waals surface area contributed by atoms with Crippen molar-refractivity contribution in [3.8, 4) is 0 Å². The molecule has 1 aliphatic heterocycles. The lowest BCUT2D eigenvalue weighted by atomic mass is 9.78. The lowest BCUT2D eigenvalue weighted by molar-refractivity contribution is 0.0476. The highest BCUT2D eigenvalue weighted by Crippen LogP contribution is 2.35. The van der Waals surface area contributed by atoms with Crippen LogP contribution in [0.4, 0.5) is 4.79 Å². The van der Waals surface area contributed by atoms with Crippen molar-refractivity contribution in [1.82, 2.24) is 4.90 Å². The molecular weight excluding hydrogens is 178 g/mol. The fraction of sp³-hybridized carbons (Fsp3) is 0.909. The number of likely N-dealkylation sites (tertiary alicyclic amines) is 1. The van der Waals surface area contributed by atoms with Crippen LogP contribution >= 0.6 is 0 Å². The first-order valence-electron chi connectivity index (χ1n) is 5.67. The molecule has 3 heteroatoms. The molecule has 1 aliphatic carbocycles. The second kappa shape index (κ2) is 4.20. The van der Waals surface area contributed by atoms with Gasteiger partial charge in [0.15, 0.2) is 0 Å². The summed E-state index contributed by atoms with van der Waals surface area (Å²) in [5, 5.41) is 0. The van der Waals surface area contributed by atoms with E-state index in [2.05, 4.69) is 0 Å². The molecule has 0 spiro atoms. The van der Waals surface area contributed by atoms with Crippen LogP contribution in [0.2, 0.25) is 0 Å². The number of amides is 1. The first-order valence-corrected chi connectivity index (χ1v) is 5.67. The fourth-order valence-corrected chi connectivity index (χ4v) is 2.97. The molecule has 2 rings (SSSR count). The summed E-state index contributed by atoms with van der Waals surface area (Å²) >= 11 is 0. The summed E-state index contributed by atoms with van der Waals surface area (Å²) in [6.45, 7) is 0.897. The Labute approximate surface area is 85.4 Å². The number of carbonyl (C=O) groups excluding carboxylic acids is 1. The molecule has 0 aromatic carbocycles. The molecule has 0 N–H and O–H groups in total. The number of methoxy groups -OCH3 is 1. The smallest absolute Gasteiger partial charge is 0.409 e. The number of piperidine rings is 1. The summed E-state index contributed by atoms with van der Waals surface area (Å²) in [6, 6.07) is 0.477. The lowest BCUT2D eigenvalue weighted by Crippen LogP contribution is -2.49. The minimum absolute atomic E-state index is 0.124. The van der Waals surface area contributed by atoms with E-state index in [0.717, 1.165) is 18.9 Å². The van der Waals surface area contributed by atoms with Crippen LogP contribution in [0.15, 0.2) is 0 Å². The quantitative estimate of drug-likeness (QED) is 0.597. The highest BCUT2D eigenvalue weighted by Gasteiger charge is 2.35. The molecule has 0 radical (unpaired) electrons. The molecule has 1 saturated carbocycles. The van der Waals surface area contributed by atoms with Crippen LogP contribution in [-0.4, -0.2) is 30.7 Å². The number of rotatable bonds is 0. The van der Waals surface area contributed by atoms with Crippen LogP contribution in [-0.2, 0) is 4.74 Å². The third kappa shape index (κ3) is 1.72. The maximum Gasteiger partial charge on any atom is 0.409 e. The average molecular weight is 197 g/mol. The second-order valence-electron chi connectivity index (χ2n) is 4.42. The van der Waals surface area contributed by atoms with E-state index in [1.165, 1.54) is 39.2 Å². The third-order valence-electron chi connectivity index (χ3n) is 3.65. The largest absolute Gasteiger partial charge is 0.453 e. The molecule has 3 nitrogen and oxygen atoms in total. The number of nitrogens with zero attached hydrogens (tertiary/aromatic N) is 1. The van der Waals surface area contributed by atoms with E-state index in [1.807, 2.05) is 4.90 Å². The van der Waals surface area contributed by atoms with Crippen LogP contribution in [0.25, 0.3) is 0 Å². The molecular formula is C11H19NO2. The van der Waals surface area contributed by atoms with Crippen LogP contribution in [0.3, 0.4) is 0 Å². The average Bonchev–Trinajstić information content (AvgIpc) is 2.27. The molecule has 1 amide bonds. The van der Waals surface area contributed by atoms with E-state index < -0.39 is 0 Å². The van der Waals surface area contributed by atoms with Gasteiger partial charge in [0.05, 0.1) is 7.11 Å². The molecule has 2 fully saturated rings. The van der Waals surface area contributed by atoms with Crippen LogP contribution < -0.4 is 0 Å². The number of carbonyl (C=O) groups is 1. The zero-order chi connectivity index (χ0) is 9.97. The van der Waals surface area contributed by atoms with Gasteiger partial charge < -0.3 is 9.64 Å². The van der Waals surface area contributed by atoms with Crippen molar-refractivity contribution in [2.24, 2.45) is 5.92 Å². The Balaban J connectivity index is 2.04. The molecule has 0 aromatic heterocycles. The van der Waals surface area contributed by atoms with Gasteiger partial charge in [-0.15, -0.1) is 0 Å². The molecule has 0 unspecified atom stereocenters. The summed E-state index contributed by atoms with van der Waals surface area (Å²) < 4.78 is 4.83. The molecule has 0 bridgehead atoms. The van der Waals surface area contributed by atoms with E-state index in [-0.39, 0.29) is 6.09 Å². The van der Waals surface area contributed by atoms with E-state index in [4.69, 9.17) is 4.74 Å². The number of fused-ring (bicyclic) bond motifs is 1. The van der Waals surface area contributed by atoms with Gasteiger partial charge in [-0.3, -0.25) is 0 Å². The molecule has 1 heterocycles. The minimum Gasteiger partial charge on any atom is -0.453 e. The summed E-state index contributed by atoms with van der Waals surface area (Å²) in [6.07, 6.45) is 7.43. The molecule has 2 aliphatic rings. The number of hydrogen-bond donors (Lipinski definition) is 0. The maximum atomic E-state index is 11.5. The van der Waals surface area contributed by atoms with Gasteiger partial charge in [0.1, 0.15) is 0 Å². The minimum atomic E-state index is -0.124. The SMILES string of the molecule is COC(=O)N1CCC[C@H]2CCCC[C@H]21. The van der Waals surface area contributed by atoms with Crippen LogP contribution in [0, 0.1) is 5.92 Å². The predicted octanol–water partition coefficient (Wildman–Crippen LogP) is 2.41. The van der Waals surface area contributed by atoms with Gasteiger partial charge in [0.25, 0.3) is 0 Å². The first-order chi connectivity index (χ1) is 6.83. The van der Waals surface area contributed by atoms with Crippen molar-refractivity contribution < 1.29 is 9.53 Å². The number of hydrogen-bond acceptors (Lipinski definition) is 2. The van der Waals surface area contributed by atoms with Crippen molar-refractivity contribution in [2.45, 2.75) is 44.6 Å². The monoisotopic (exact) mass is 197 g/mol. The predicted molar refractivity (Wildman–Crippen MR) is 54.1 cm³/mol. The Morgan fingerprint density at radius 3 is 2.71 bits per heavy atom. The number of ether oxygens (including phenoxy) is 1. The van der Waals surface area contributed by atoms with Crippen molar-refractivity contribution in [2.75, 3.05) is 13.7 Å². The van der Waals surface area contributed by atoms with E-state index >= 15 is 0 Å². The van der Waals surface area contributed by atoms with E-state index in [0.29, 0.717) is 6.04 Å². The zero-order valence-corrected chi connectivity index (χ0v) is 8.87. The van der Waals surface area contributed by atoms with Crippen LogP contribution in [0.5, 0.6) is 0 Å². The Morgan fingerprint density at radius 1 is 1.21 bits per heavy atom. The zero-order valence-electron chi connectivity index (χ0n) is 8.87. The summed E-state index contributed by atoms with van der Waals surface area (Å²) in [5.41, 5.74) is 0. The Hall–Kier alpha value is -0.730. The summed E-state index contributed by atoms with van der Waals surface area (Å²) in [7, 11) is 1.48. The summed E-state index contributed by atoms with van der Waals surface area (Å²) in [4.78, 5) is 13.5. The molecule has 14 heavy (non-hydrogen) atoms. The van der Waals surface area contributed by atoms with Gasteiger partial charge in [-0.05, 0) is 31.6 Å². The highest BCUT2D eigenvalue weighted by atomic mass is 16.5. The van der Waals surface area contributed by atoms with Gasteiger partial charge in [0.2, 0.25) is 0 Å². The summed E-state index contributed by atoms with van der Waals surface area (Å²) in [5.74, 6) is 0.747. The molecule has 0 aromatic rings. The van der Waals surface area contributed by atoms with Gasteiger partial charge in [-0.1, -0.05) is 12.8 Å². The van der Waals surface area contributed by atoms with Gasteiger partial charge in [-0.2, -0.15) is 0 Å². The molecule has 2 atom stereocenters. The fourth-order valence-electron chi connectivity index (χ4n) is 2.97. The molecule has 1 saturated heterocycles. The topological polar surface area (TPSA) is 29.5 Å². The van der Waals surface area contributed by atoms with Crippen LogP contribution in [0.1, 0.15) is 38.5 Å². The first kappa shape index (κ1) is 9.81. The van der Waals surface area contributed by atoms with E-state index in [1.54, 1.807) is 0 Å². The van der Waals surface area contributed by atoms with Crippen molar-refractivity contribution >= 4 is 6.09 Å².